The molecule has 133 heavy (non-hydrogen) atoms. The van der Waals surface area contributed by atoms with Crippen LogP contribution < -0.4 is 31.1 Å². The van der Waals surface area contributed by atoms with Crippen molar-refractivity contribution in [2.45, 2.75) is 157 Å². The van der Waals surface area contributed by atoms with Gasteiger partial charge >= 0.3 is 0 Å². The highest BCUT2D eigenvalue weighted by Gasteiger charge is 2.47. The zero-order chi connectivity index (χ0) is 103. The fourth-order valence-corrected chi connectivity index (χ4v) is 20.5. The number of aromatic nitrogens is 3. The fourth-order valence-electron chi connectivity index (χ4n) is 20.5. The summed E-state index contributed by atoms with van der Waals surface area (Å²) in [5, 5.41) is 4.30. The number of rotatable bonds is 12. The lowest BCUT2D eigenvalue weighted by molar-refractivity contribution is 0.590. The van der Waals surface area contributed by atoms with E-state index in [2.05, 4.69) is 404 Å². The van der Waals surface area contributed by atoms with Crippen LogP contribution in [0.1, 0.15) is 176 Å². The van der Waals surface area contributed by atoms with Crippen LogP contribution in [0.25, 0.3) is 127 Å². The smallest absolute Gasteiger partial charge is 0.252 e. The molecule has 0 saturated heterocycles. The second-order valence-corrected chi connectivity index (χ2v) is 42.5. The molecule has 0 aliphatic carbocycles. The summed E-state index contributed by atoms with van der Waals surface area (Å²) < 4.78 is 130. The number of fused-ring (bicyclic) bond motifs is 13. The van der Waals surface area contributed by atoms with Crippen LogP contribution in [0.3, 0.4) is 0 Å². The molecule has 652 valence electrons. The second kappa shape index (κ2) is 31.1. The van der Waals surface area contributed by atoms with Gasteiger partial charge in [0.2, 0.25) is 0 Å². The number of hydrogen-bond donors (Lipinski definition) is 0. The summed E-state index contributed by atoms with van der Waals surface area (Å²) in [6.07, 6.45) is 0. The number of nitrogens with zero attached hydrogens (tertiary/aromatic N) is 6. The van der Waals surface area contributed by atoms with E-state index >= 15 is 0 Å². The van der Waals surface area contributed by atoms with Crippen molar-refractivity contribution in [2.75, 3.05) is 14.7 Å². The molecule has 0 spiro atoms. The predicted octanol–water partition coefficient (Wildman–Crippen LogP) is 33.0. The number of para-hydroxylation sites is 3. The van der Waals surface area contributed by atoms with Gasteiger partial charge in [-0.1, -0.05) is 337 Å². The van der Waals surface area contributed by atoms with Gasteiger partial charge in [0, 0.05) is 106 Å². The lowest BCUT2D eigenvalue weighted by atomic mass is 9.33. The molecule has 5 heterocycles. The third-order valence-electron chi connectivity index (χ3n) is 27.6. The molecule has 0 N–H and O–H groups in total. The third kappa shape index (κ3) is 14.3. The normalized spacial score (nSPS) is 14.5. The summed E-state index contributed by atoms with van der Waals surface area (Å²) in [6, 6.07) is 99.0. The summed E-state index contributed by atoms with van der Waals surface area (Å²) >= 11 is 0. The van der Waals surface area contributed by atoms with Gasteiger partial charge < -0.3 is 28.4 Å². The van der Waals surface area contributed by atoms with Crippen LogP contribution in [-0.4, -0.2) is 20.4 Å². The Hall–Kier alpha value is -14.4. The molecule has 0 bridgehead atoms. The number of anilines is 9. The van der Waals surface area contributed by atoms with E-state index in [4.69, 9.17) is 5.48 Å². The molecule has 0 amide bonds. The third-order valence-corrected chi connectivity index (χ3v) is 27.6. The molecular weight excluding hydrogens is 1610 g/mol. The van der Waals surface area contributed by atoms with Gasteiger partial charge in [-0.25, -0.2) is 0 Å². The van der Waals surface area contributed by atoms with Crippen LogP contribution in [0.15, 0.2) is 370 Å². The van der Waals surface area contributed by atoms with E-state index in [1.54, 1.807) is 29.2 Å². The Labute approximate surface area is 803 Å². The summed E-state index contributed by atoms with van der Waals surface area (Å²) in [5.41, 5.74) is 27.5. The first kappa shape index (κ1) is 70.4. The van der Waals surface area contributed by atoms with Gasteiger partial charge in [-0.3, -0.25) is 0 Å². The van der Waals surface area contributed by atoms with Crippen molar-refractivity contribution in [3.63, 3.8) is 0 Å². The highest BCUT2D eigenvalue weighted by atomic mass is 15.2. The van der Waals surface area contributed by atoms with E-state index in [-0.39, 0.29) is 60.3 Å². The average molecular weight is 1740 g/mol. The largest absolute Gasteiger partial charge is 0.310 e. The average Bonchev–Trinajstić information content (AvgIpc) is 0.690. The van der Waals surface area contributed by atoms with Crippen molar-refractivity contribution in [2.24, 2.45) is 0 Å². The highest BCUT2D eigenvalue weighted by molar-refractivity contribution is 7.00. The van der Waals surface area contributed by atoms with Crippen LogP contribution >= 0.6 is 0 Å². The van der Waals surface area contributed by atoms with Gasteiger partial charge in [-0.2, -0.15) is 0 Å². The lowest BCUT2D eigenvalue weighted by Gasteiger charge is -2.46. The van der Waals surface area contributed by atoms with Crippen LogP contribution in [-0.2, 0) is 32.5 Å². The molecule has 20 aromatic rings. The molecule has 6 nitrogen and oxygen atoms in total. The van der Waals surface area contributed by atoms with Crippen molar-refractivity contribution in [1.82, 2.24) is 13.7 Å². The van der Waals surface area contributed by atoms with E-state index < -0.39 is 90.7 Å². The molecule has 17 aromatic carbocycles. The molecular formula is C126H115BN6. The molecule has 2 aliphatic heterocycles. The molecule has 7 heteroatoms. The molecule has 22 rings (SSSR count). The van der Waals surface area contributed by atoms with Gasteiger partial charge in [0.25, 0.3) is 6.71 Å². The second-order valence-electron chi connectivity index (χ2n) is 42.5. The minimum absolute atomic E-state index is 0.0798. The Morgan fingerprint density at radius 1 is 0.233 bits per heavy atom. The first-order valence-electron chi connectivity index (χ1n) is 53.0. The van der Waals surface area contributed by atoms with Crippen LogP contribution in [0.2, 0.25) is 0 Å². The number of hydrogen-bond acceptors (Lipinski definition) is 3. The monoisotopic (exact) mass is 1740 g/mol. The standard InChI is InChI=1S/C126H115BN6/c1-121(2,3)84-52-64-110-102(68-84)103-69-85(122(4,5)6)53-65-111(103)130(110)94-61-63-107-115(77-94)133(120-100(82-42-28-21-29-43-82)74-89(126(16,17)18)75-101(120)83-44-30-22-31-45-83)117-79-95(131-112-66-54-86(123(7,8)9)70-104(112)105-71-87(124(10,11)12)55-67-113(105)131)78-116-118(117)127(107)106-62-60-93(76-114(106)132(116)119-98(80-38-24-19-25-39-80)72-88(125(13,14)15)73-99(119)81-40-26-20-27-41-81)128(90-46-32-23-33-47-90)91-56-58-92(59-57-91)129-108-50-36-34-48-96(108)97-49-35-37-51-109(97)129/h19-79H,1-18H3/i23D,32D,33D,34D,35D,36D,37D,46D,47D,48D,49D,50D,51D. The van der Waals surface area contributed by atoms with E-state index in [9.17, 15) is 12.3 Å². The van der Waals surface area contributed by atoms with E-state index in [0.717, 1.165) is 155 Å². The maximum absolute atomic E-state index is 10.3. The summed E-state index contributed by atoms with van der Waals surface area (Å²) in [5.74, 6) is 0. The van der Waals surface area contributed by atoms with E-state index in [0.29, 0.717) is 17.1 Å². The Morgan fingerprint density at radius 2 is 0.541 bits per heavy atom. The lowest BCUT2D eigenvalue weighted by Crippen LogP contribution is -2.61. The molecule has 3 aromatic heterocycles. The van der Waals surface area contributed by atoms with Crippen LogP contribution in [0.5, 0.6) is 0 Å². The molecule has 0 atom stereocenters. The first-order chi connectivity index (χ1) is 69.2. The van der Waals surface area contributed by atoms with E-state index in [1.807, 2.05) is 6.07 Å². The number of benzene rings is 17. The molecule has 0 saturated carbocycles. The minimum atomic E-state index is -0.663. The van der Waals surface area contributed by atoms with Crippen molar-refractivity contribution in [1.29, 1.82) is 0 Å². The minimum Gasteiger partial charge on any atom is -0.310 e. The molecule has 0 fully saturated rings. The molecule has 0 unspecified atom stereocenters. The molecule has 2 aliphatic rings. The van der Waals surface area contributed by atoms with Gasteiger partial charge in [0.1, 0.15) is 0 Å². The fraction of sp³-hybridized carbons (Fsp3) is 0.190. The van der Waals surface area contributed by atoms with Crippen molar-refractivity contribution >= 4 is 140 Å². The topological polar surface area (TPSA) is 24.5 Å². The first-order valence-corrected chi connectivity index (χ1v) is 46.5. The van der Waals surface area contributed by atoms with Gasteiger partial charge in [0.15, 0.2) is 0 Å². The summed E-state index contributed by atoms with van der Waals surface area (Å²) in [7, 11) is 0. The van der Waals surface area contributed by atoms with Crippen molar-refractivity contribution in [3.05, 3.63) is 403 Å². The predicted molar refractivity (Wildman–Crippen MR) is 572 cm³/mol. The summed E-state index contributed by atoms with van der Waals surface area (Å²) in [6.45, 7) is 40.4. The van der Waals surface area contributed by atoms with Gasteiger partial charge in [-0.05, 0) is 262 Å². The summed E-state index contributed by atoms with van der Waals surface area (Å²) in [4.78, 5) is 6.82. The van der Waals surface area contributed by atoms with Gasteiger partial charge in [0.05, 0.1) is 68.0 Å². The van der Waals surface area contributed by atoms with Gasteiger partial charge in [-0.15, -0.1) is 0 Å². The van der Waals surface area contributed by atoms with Crippen LogP contribution in [0.4, 0.5) is 51.2 Å². The Kier molecular flexibility index (Phi) is 16.5. The maximum atomic E-state index is 10.3. The highest BCUT2D eigenvalue weighted by Crippen LogP contribution is 2.57. The van der Waals surface area contributed by atoms with Crippen LogP contribution in [0, 0.1) is 0 Å². The van der Waals surface area contributed by atoms with Crippen molar-refractivity contribution in [3.8, 4) is 61.6 Å². The van der Waals surface area contributed by atoms with E-state index in [1.165, 1.54) is 26.8 Å². The molecule has 0 radical (unpaired) electrons. The Bertz CT molecular complexity index is 8520. The Balaban J connectivity index is 0.945. The zero-order valence-corrected chi connectivity index (χ0v) is 79.0. The quantitative estimate of drug-likeness (QED) is 0.114. The maximum Gasteiger partial charge on any atom is 0.252 e. The SMILES string of the molecule is [2H]c1c([2H])c([2H])c(N(c2ccc(-n3c4c([2H])c([2H])c([2H])c([2H])c4c4c([2H])c([2H])c([2H])c([2H])c43)cc2)c2ccc3c(c2)N(c2c(-c4ccccc4)cc(C(C)(C)C)cc2-c2ccccc2)c2cc(-n4c5ccc(C(C)(C)C)cc5c5cc(C(C)(C)C)ccc54)cc4c2B3c2ccc(-n3c5ccc(C(C)(C)C)cc5c5cc(C(C)(C)C)ccc53)cc2N4c2c(-c3ccccc3)cc(C(C)(C)C)cc2-c2ccccc2)c([2H])c1[2H]. The Morgan fingerprint density at radius 3 is 0.910 bits per heavy atom. The van der Waals surface area contributed by atoms with Crippen molar-refractivity contribution < 1.29 is 17.8 Å². The zero-order valence-electron chi connectivity index (χ0n) is 92.0.